The largest absolute Gasteiger partial charge is 0.458 e. The monoisotopic (exact) mass is 937 g/mol. The lowest BCUT2D eigenvalue weighted by Crippen LogP contribution is -2.79. The molecular weight excluding hydrogens is 861 g/mol. The van der Waals surface area contributed by atoms with Crippen LogP contribution in [0, 0.1) is 22.7 Å². The Labute approximate surface area is 388 Å². The fourth-order valence-electron chi connectivity index (χ4n) is 13.9. The summed E-state index contributed by atoms with van der Waals surface area (Å²) in [6.07, 6.45) is -7.59. The smallest absolute Gasteiger partial charge is 0.338 e. The zero-order valence-corrected chi connectivity index (χ0v) is 40.0. The Morgan fingerprint density at radius 3 is 1.94 bits per heavy atom. The molecule has 4 saturated carbocycles. The second-order valence-electron chi connectivity index (χ2n) is 21.1. The molecule has 3 aliphatic heterocycles. The minimum absolute atomic E-state index is 0.0384. The van der Waals surface area contributed by atoms with E-state index in [4.69, 9.17) is 47.4 Å². The van der Waals surface area contributed by atoms with Gasteiger partial charge in [0.1, 0.15) is 47.8 Å². The topological polar surface area (TPSA) is 231 Å². The Hall–Kier alpha value is -1.91. The number of fused-ring (bicyclic) bond motifs is 5. The molecule has 17 nitrogen and oxygen atoms in total. The highest BCUT2D eigenvalue weighted by atomic mass is 16.8. The number of aliphatic hydroxyl groups excluding tert-OH is 3. The summed E-state index contributed by atoms with van der Waals surface area (Å²) in [5.41, 5.74) is -7.00. The second kappa shape index (κ2) is 19.0. The van der Waals surface area contributed by atoms with Gasteiger partial charge in [-0.3, -0.25) is 0 Å². The number of hydrogen-bond acceptors (Lipinski definition) is 17. The molecule has 0 bridgehead atoms. The number of esters is 1. The van der Waals surface area contributed by atoms with Crippen molar-refractivity contribution in [3.05, 3.63) is 35.9 Å². The lowest BCUT2D eigenvalue weighted by Gasteiger charge is -2.69. The van der Waals surface area contributed by atoms with E-state index in [1.54, 1.807) is 58.4 Å². The summed E-state index contributed by atoms with van der Waals surface area (Å²) in [5, 5.41) is 70.6. The van der Waals surface area contributed by atoms with Crippen LogP contribution >= 0.6 is 0 Å². The summed E-state index contributed by atoms with van der Waals surface area (Å²) >= 11 is 0. The molecule has 8 rings (SSSR count). The van der Waals surface area contributed by atoms with Gasteiger partial charge in [0.15, 0.2) is 18.9 Å². The van der Waals surface area contributed by atoms with Gasteiger partial charge in [-0.1, -0.05) is 32.0 Å². The fraction of sp³-hybridized carbons (Fsp3) is 0.857. The molecule has 6 N–H and O–H groups in total. The summed E-state index contributed by atoms with van der Waals surface area (Å²) < 4.78 is 61.8. The van der Waals surface area contributed by atoms with Gasteiger partial charge in [0.25, 0.3) is 0 Å². The van der Waals surface area contributed by atoms with E-state index in [0.29, 0.717) is 44.1 Å². The number of rotatable bonds is 12. The van der Waals surface area contributed by atoms with Crippen molar-refractivity contribution in [1.82, 2.24) is 0 Å². The van der Waals surface area contributed by atoms with Gasteiger partial charge in [0, 0.05) is 34.2 Å². The van der Waals surface area contributed by atoms with Crippen molar-refractivity contribution in [2.24, 2.45) is 22.7 Å². The van der Waals surface area contributed by atoms with Gasteiger partial charge in [-0.15, -0.1) is 0 Å². The summed E-state index contributed by atoms with van der Waals surface area (Å²) in [7, 11) is 4.63. The van der Waals surface area contributed by atoms with Gasteiger partial charge in [0.05, 0.1) is 59.3 Å². The molecule has 66 heavy (non-hydrogen) atoms. The van der Waals surface area contributed by atoms with Crippen molar-refractivity contribution in [2.45, 2.75) is 221 Å². The molecule has 1 aromatic rings. The van der Waals surface area contributed by atoms with Crippen molar-refractivity contribution < 1.29 is 82.8 Å². The first-order chi connectivity index (χ1) is 31.2. The maximum Gasteiger partial charge on any atom is 0.338 e. The lowest BCUT2D eigenvalue weighted by molar-refractivity contribution is -0.353. The van der Waals surface area contributed by atoms with Crippen LogP contribution in [-0.4, -0.2) is 173 Å². The summed E-state index contributed by atoms with van der Waals surface area (Å²) in [6.45, 7) is 10.8. The van der Waals surface area contributed by atoms with E-state index in [-0.39, 0.29) is 37.7 Å². The first kappa shape index (κ1) is 50.5. The first-order valence-corrected chi connectivity index (χ1v) is 24.2. The fourth-order valence-corrected chi connectivity index (χ4v) is 13.9. The minimum atomic E-state index is -1.86. The van der Waals surface area contributed by atoms with Gasteiger partial charge in [0.2, 0.25) is 0 Å². The molecule has 23 atom stereocenters. The molecule has 374 valence electrons. The van der Waals surface area contributed by atoms with Crippen LogP contribution in [-0.2, 0) is 47.4 Å². The van der Waals surface area contributed by atoms with Crippen molar-refractivity contribution in [3.63, 3.8) is 0 Å². The van der Waals surface area contributed by atoms with E-state index in [9.17, 15) is 35.4 Å². The van der Waals surface area contributed by atoms with E-state index < -0.39 is 132 Å². The number of carbonyl (C=O) groups is 1. The first-order valence-electron chi connectivity index (χ1n) is 24.2. The van der Waals surface area contributed by atoms with Crippen LogP contribution in [0.25, 0.3) is 0 Å². The van der Waals surface area contributed by atoms with Crippen molar-refractivity contribution >= 4 is 5.97 Å². The van der Waals surface area contributed by atoms with E-state index in [1.165, 1.54) is 14.0 Å². The predicted molar refractivity (Wildman–Crippen MR) is 234 cm³/mol. The zero-order chi connectivity index (χ0) is 47.7. The maximum atomic E-state index is 13.7. The maximum absolute atomic E-state index is 13.7. The highest BCUT2D eigenvalue weighted by Gasteiger charge is 2.81. The molecule has 17 heteroatoms. The SMILES string of the molecule is COC1CC(OC2CCC3(C)C(CCC4(O)C3CC(OC(=O)c3ccccc3)C3(C)C(O)(C(C)O)CCC43O)C2)OC(C)C1OC1CC(OC)C(OC2OC(C)C(O)C(OC)C2O)C(C)O1. The summed E-state index contributed by atoms with van der Waals surface area (Å²) in [6, 6.07) is 8.61. The van der Waals surface area contributed by atoms with Gasteiger partial charge < -0.3 is 78.0 Å². The Morgan fingerprint density at radius 1 is 0.712 bits per heavy atom. The third kappa shape index (κ3) is 8.20. The Kier molecular flexibility index (Phi) is 14.5. The number of methoxy groups -OCH3 is 3. The average molecular weight is 937 g/mol. The molecule has 23 unspecified atom stereocenters. The van der Waals surface area contributed by atoms with Crippen LogP contribution in [0.4, 0.5) is 0 Å². The Bertz CT molecular complexity index is 1820. The molecule has 4 aliphatic carbocycles. The third-order valence-corrected chi connectivity index (χ3v) is 18.0. The van der Waals surface area contributed by atoms with Gasteiger partial charge >= 0.3 is 5.97 Å². The Balaban J connectivity index is 0.912. The third-order valence-electron chi connectivity index (χ3n) is 18.0. The zero-order valence-electron chi connectivity index (χ0n) is 40.0. The summed E-state index contributed by atoms with van der Waals surface area (Å²) in [4.78, 5) is 13.7. The molecule has 7 fully saturated rings. The van der Waals surface area contributed by atoms with Crippen LogP contribution < -0.4 is 0 Å². The molecule has 0 amide bonds. The number of carbonyl (C=O) groups excluding carboxylic acids is 1. The highest BCUT2D eigenvalue weighted by molar-refractivity contribution is 5.89. The van der Waals surface area contributed by atoms with Crippen molar-refractivity contribution in [2.75, 3.05) is 21.3 Å². The number of benzene rings is 1. The molecule has 0 spiro atoms. The van der Waals surface area contributed by atoms with Crippen LogP contribution in [0.2, 0.25) is 0 Å². The van der Waals surface area contributed by atoms with Crippen LogP contribution in [0.1, 0.15) is 116 Å². The van der Waals surface area contributed by atoms with E-state index in [2.05, 4.69) is 6.92 Å². The van der Waals surface area contributed by atoms with E-state index in [1.807, 2.05) is 13.8 Å². The van der Waals surface area contributed by atoms with Crippen LogP contribution in [0.3, 0.4) is 0 Å². The molecule has 0 radical (unpaired) electrons. The number of ether oxygens (including phenoxy) is 10. The van der Waals surface area contributed by atoms with Gasteiger partial charge in [-0.05, 0) is 108 Å². The number of aliphatic hydroxyl groups is 6. The van der Waals surface area contributed by atoms with Crippen molar-refractivity contribution in [1.29, 1.82) is 0 Å². The quantitative estimate of drug-likeness (QED) is 0.131. The highest BCUT2D eigenvalue weighted by Crippen LogP contribution is 2.72. The van der Waals surface area contributed by atoms with E-state index in [0.717, 1.165) is 0 Å². The van der Waals surface area contributed by atoms with Crippen LogP contribution in [0.5, 0.6) is 0 Å². The number of hydrogen-bond donors (Lipinski definition) is 6. The van der Waals surface area contributed by atoms with Crippen LogP contribution in [0.15, 0.2) is 30.3 Å². The lowest BCUT2D eigenvalue weighted by atomic mass is 9.40. The Morgan fingerprint density at radius 2 is 1.33 bits per heavy atom. The second-order valence-corrected chi connectivity index (χ2v) is 21.1. The molecule has 1 aromatic carbocycles. The minimum Gasteiger partial charge on any atom is -0.458 e. The molecule has 3 saturated heterocycles. The molecular formula is C49H76O17. The normalized spacial score (nSPS) is 51.0. The van der Waals surface area contributed by atoms with Crippen molar-refractivity contribution in [3.8, 4) is 0 Å². The average Bonchev–Trinajstić information content (AvgIpc) is 3.52. The molecule has 0 aromatic heterocycles. The van der Waals surface area contributed by atoms with E-state index >= 15 is 0 Å². The molecule has 3 heterocycles. The van der Waals surface area contributed by atoms with Gasteiger partial charge in [-0.25, -0.2) is 4.79 Å². The predicted octanol–water partition coefficient (Wildman–Crippen LogP) is 3.14. The van der Waals surface area contributed by atoms with Gasteiger partial charge in [-0.2, -0.15) is 0 Å². The standard InChI is InChI=1S/C49H76O17/c1-25-38(51)42(59-9)39(52)44(62-25)66-41-27(3)61-37(23-33(41)58-8)65-40-26(2)60-36(22-32(40)57-7)63-31-16-17-45(5)30(21-31)15-18-48(55)34(45)24-35(64-43(53)29-13-11-10-12-14-29)46(6)47(54,28(4)50)19-20-49(46,48)56/h10-14,25-28,30-42,44,50-52,54-56H,15-24H2,1-9H3. The molecule has 7 aliphatic rings. The summed E-state index contributed by atoms with van der Waals surface area (Å²) in [5.74, 6) is -0.966.